The first-order valence-corrected chi connectivity index (χ1v) is 9.49. The molecule has 0 radical (unpaired) electrons. The summed E-state index contributed by atoms with van der Waals surface area (Å²) in [6.07, 6.45) is 5.34. The first-order valence-electron chi connectivity index (χ1n) is 9.49. The highest BCUT2D eigenvalue weighted by Gasteiger charge is 2.29. The Morgan fingerprint density at radius 1 is 1.15 bits per heavy atom. The second-order valence-corrected chi connectivity index (χ2v) is 7.16. The summed E-state index contributed by atoms with van der Waals surface area (Å²) in [4.78, 5) is 36.8. The van der Waals surface area contributed by atoms with Crippen molar-refractivity contribution in [2.75, 3.05) is 24.6 Å². The number of nitro groups is 1. The summed E-state index contributed by atoms with van der Waals surface area (Å²) in [6, 6.07) is 6.83. The number of nitrogens with one attached hydrogen (secondary N) is 1. The monoisotopic (exact) mass is 375 g/mol. The molecule has 1 heterocycles. The van der Waals surface area contributed by atoms with Crippen molar-refractivity contribution in [2.45, 2.75) is 44.6 Å². The number of amides is 1. The van der Waals surface area contributed by atoms with Crippen molar-refractivity contribution in [2.24, 2.45) is 5.92 Å². The number of benzene rings is 1. The maximum absolute atomic E-state index is 12.2. The molecule has 1 saturated heterocycles. The van der Waals surface area contributed by atoms with Crippen molar-refractivity contribution in [1.29, 1.82) is 0 Å². The van der Waals surface area contributed by atoms with Crippen LogP contribution in [0.25, 0.3) is 0 Å². The van der Waals surface area contributed by atoms with Crippen molar-refractivity contribution in [3.05, 3.63) is 34.4 Å². The Balaban J connectivity index is 1.45. The van der Waals surface area contributed by atoms with E-state index in [4.69, 9.17) is 4.74 Å². The third-order valence-electron chi connectivity index (χ3n) is 5.31. The Morgan fingerprint density at radius 3 is 2.48 bits per heavy atom. The maximum atomic E-state index is 12.2. The average molecular weight is 375 g/mol. The highest BCUT2D eigenvalue weighted by molar-refractivity contribution is 5.81. The molecule has 146 valence electrons. The van der Waals surface area contributed by atoms with E-state index in [1.54, 1.807) is 18.2 Å². The molecular formula is C19H25N3O5. The second-order valence-electron chi connectivity index (χ2n) is 7.16. The molecule has 0 unspecified atom stereocenters. The summed E-state index contributed by atoms with van der Waals surface area (Å²) in [6.45, 7) is 0.845. The fourth-order valence-corrected chi connectivity index (χ4v) is 3.84. The molecule has 0 atom stereocenters. The number of ether oxygens (including phenoxy) is 1. The van der Waals surface area contributed by atoms with Crippen molar-refractivity contribution in [3.8, 4) is 0 Å². The van der Waals surface area contributed by atoms with E-state index in [0.717, 1.165) is 25.7 Å². The van der Waals surface area contributed by atoms with Crippen LogP contribution >= 0.6 is 0 Å². The molecule has 1 amide bonds. The predicted molar refractivity (Wildman–Crippen MR) is 99.4 cm³/mol. The number of rotatable bonds is 6. The van der Waals surface area contributed by atoms with Gasteiger partial charge in [-0.15, -0.1) is 0 Å². The number of hydrogen-bond acceptors (Lipinski definition) is 6. The van der Waals surface area contributed by atoms with Gasteiger partial charge in [-0.3, -0.25) is 19.7 Å². The summed E-state index contributed by atoms with van der Waals surface area (Å²) >= 11 is 0. The Kier molecular flexibility index (Phi) is 6.26. The van der Waals surface area contributed by atoms with E-state index in [9.17, 15) is 19.7 Å². The fourth-order valence-electron chi connectivity index (χ4n) is 3.84. The number of piperidine rings is 1. The molecule has 1 aliphatic heterocycles. The van der Waals surface area contributed by atoms with Gasteiger partial charge in [-0.25, -0.2) is 0 Å². The summed E-state index contributed by atoms with van der Waals surface area (Å²) in [7, 11) is 0. The molecule has 2 fully saturated rings. The number of hydrogen-bond donors (Lipinski definition) is 1. The van der Waals surface area contributed by atoms with Crippen LogP contribution in [-0.4, -0.2) is 42.5 Å². The Morgan fingerprint density at radius 2 is 1.81 bits per heavy atom. The van der Waals surface area contributed by atoms with Crippen LogP contribution in [0.3, 0.4) is 0 Å². The molecule has 0 bridgehead atoms. The summed E-state index contributed by atoms with van der Waals surface area (Å²) in [5.74, 6) is -0.880. The first kappa shape index (κ1) is 19.1. The molecule has 27 heavy (non-hydrogen) atoms. The molecule has 1 aromatic carbocycles. The number of carbonyl (C=O) groups excluding carboxylic acids is 2. The minimum atomic E-state index is -0.390. The van der Waals surface area contributed by atoms with Crippen LogP contribution in [0.4, 0.5) is 11.4 Å². The topological polar surface area (TPSA) is 102 Å². The smallest absolute Gasteiger partial charge is 0.309 e. The van der Waals surface area contributed by atoms with E-state index >= 15 is 0 Å². The number of carbonyl (C=O) groups is 2. The molecule has 3 rings (SSSR count). The van der Waals surface area contributed by atoms with Crippen LogP contribution in [0.2, 0.25) is 0 Å². The largest absolute Gasteiger partial charge is 0.455 e. The molecule has 1 N–H and O–H groups in total. The number of para-hydroxylation sites is 2. The van der Waals surface area contributed by atoms with Gasteiger partial charge < -0.3 is 15.0 Å². The fraction of sp³-hybridized carbons (Fsp3) is 0.579. The van der Waals surface area contributed by atoms with Crippen LogP contribution in [0.15, 0.2) is 24.3 Å². The molecule has 0 aromatic heterocycles. The zero-order chi connectivity index (χ0) is 19.2. The van der Waals surface area contributed by atoms with E-state index in [2.05, 4.69) is 5.32 Å². The lowest BCUT2D eigenvalue weighted by molar-refractivity contribution is -0.384. The first-order chi connectivity index (χ1) is 13.0. The normalized spacial score (nSPS) is 18.3. The summed E-state index contributed by atoms with van der Waals surface area (Å²) in [5, 5.41) is 14.1. The minimum Gasteiger partial charge on any atom is -0.455 e. The van der Waals surface area contributed by atoms with E-state index in [0.29, 0.717) is 31.6 Å². The quantitative estimate of drug-likeness (QED) is 0.465. The minimum absolute atomic E-state index is 0.0714. The second kappa shape index (κ2) is 8.83. The van der Waals surface area contributed by atoms with Crippen LogP contribution in [-0.2, 0) is 14.3 Å². The van der Waals surface area contributed by atoms with Gasteiger partial charge in [0.2, 0.25) is 0 Å². The van der Waals surface area contributed by atoms with E-state index in [1.807, 2.05) is 4.90 Å². The van der Waals surface area contributed by atoms with Gasteiger partial charge in [0, 0.05) is 25.2 Å². The number of nitrogens with zero attached hydrogens (tertiary/aromatic N) is 2. The molecule has 2 aliphatic rings. The highest BCUT2D eigenvalue weighted by Crippen LogP contribution is 2.31. The average Bonchev–Trinajstić information content (AvgIpc) is 3.19. The van der Waals surface area contributed by atoms with Crippen LogP contribution in [0.1, 0.15) is 38.5 Å². The number of nitro benzene ring substituents is 1. The number of esters is 1. The van der Waals surface area contributed by atoms with Crippen molar-refractivity contribution < 1.29 is 19.2 Å². The molecule has 1 saturated carbocycles. The zero-order valence-electron chi connectivity index (χ0n) is 15.3. The lowest BCUT2D eigenvalue weighted by Crippen LogP contribution is -2.39. The van der Waals surface area contributed by atoms with E-state index in [-0.39, 0.29) is 36.1 Å². The van der Waals surface area contributed by atoms with Crippen LogP contribution in [0, 0.1) is 16.0 Å². The Labute approximate surface area is 158 Å². The van der Waals surface area contributed by atoms with Gasteiger partial charge >= 0.3 is 5.97 Å². The summed E-state index contributed by atoms with van der Waals surface area (Å²) < 4.78 is 5.18. The molecule has 8 heteroatoms. The lowest BCUT2D eigenvalue weighted by Gasteiger charge is -2.32. The van der Waals surface area contributed by atoms with Crippen LogP contribution in [0.5, 0.6) is 0 Å². The van der Waals surface area contributed by atoms with Gasteiger partial charge in [-0.2, -0.15) is 0 Å². The predicted octanol–water partition coefficient (Wildman–Crippen LogP) is 2.41. The van der Waals surface area contributed by atoms with Gasteiger partial charge in [0.1, 0.15) is 5.69 Å². The molecule has 0 spiro atoms. The van der Waals surface area contributed by atoms with Crippen molar-refractivity contribution in [1.82, 2.24) is 5.32 Å². The molecule has 8 nitrogen and oxygen atoms in total. The van der Waals surface area contributed by atoms with E-state index < -0.39 is 4.92 Å². The van der Waals surface area contributed by atoms with Gasteiger partial charge in [-0.1, -0.05) is 25.0 Å². The van der Waals surface area contributed by atoms with Crippen LogP contribution < -0.4 is 10.2 Å². The third-order valence-corrected chi connectivity index (χ3v) is 5.31. The zero-order valence-corrected chi connectivity index (χ0v) is 15.3. The van der Waals surface area contributed by atoms with E-state index in [1.165, 1.54) is 6.07 Å². The molecule has 1 aromatic rings. The highest BCUT2D eigenvalue weighted by atomic mass is 16.6. The van der Waals surface area contributed by atoms with Crippen molar-refractivity contribution in [3.63, 3.8) is 0 Å². The van der Waals surface area contributed by atoms with Gasteiger partial charge in [0.15, 0.2) is 6.61 Å². The molecular weight excluding hydrogens is 350 g/mol. The lowest BCUT2D eigenvalue weighted by atomic mass is 9.96. The van der Waals surface area contributed by atoms with Gasteiger partial charge in [0.05, 0.1) is 10.8 Å². The van der Waals surface area contributed by atoms with Gasteiger partial charge in [-0.05, 0) is 31.7 Å². The SMILES string of the molecule is O=C(COC(=O)C1CCN(c2ccccc2[N+](=O)[O-])CC1)NC1CCCC1. The number of anilines is 1. The third kappa shape index (κ3) is 4.96. The van der Waals surface area contributed by atoms with Gasteiger partial charge in [0.25, 0.3) is 11.6 Å². The standard InChI is InChI=1S/C19H25N3O5/c23-18(20-15-5-1-2-6-15)13-27-19(24)14-9-11-21(12-10-14)16-7-3-4-8-17(16)22(25)26/h3-4,7-8,14-15H,1-2,5-6,9-13H2,(H,20,23). The Hall–Kier alpha value is -2.64. The van der Waals surface area contributed by atoms with Crippen molar-refractivity contribution >= 4 is 23.3 Å². The molecule has 1 aliphatic carbocycles. The Bertz CT molecular complexity index is 694. The maximum Gasteiger partial charge on any atom is 0.309 e. The summed E-state index contributed by atoms with van der Waals surface area (Å²) in [5.41, 5.74) is 0.646.